The predicted molar refractivity (Wildman–Crippen MR) is 95.7 cm³/mol. The highest BCUT2D eigenvalue weighted by Crippen LogP contribution is 2.37. The molecular formula is C20H22O6. The SMILES string of the molecule is CCOCOc1ccc2c(c1)OCC(c1ccc(OC)c(OC)c1)C2=O. The molecule has 1 heterocycles. The average molecular weight is 358 g/mol. The Labute approximate surface area is 152 Å². The number of hydrogen-bond acceptors (Lipinski definition) is 6. The maximum atomic E-state index is 12.9. The summed E-state index contributed by atoms with van der Waals surface area (Å²) in [7, 11) is 3.15. The first-order chi connectivity index (χ1) is 12.7. The molecule has 0 bridgehead atoms. The molecular weight excluding hydrogens is 336 g/mol. The van der Waals surface area contributed by atoms with Crippen molar-refractivity contribution in [2.75, 3.05) is 34.2 Å². The summed E-state index contributed by atoms with van der Waals surface area (Å²) in [5.74, 6) is 1.96. The zero-order valence-corrected chi connectivity index (χ0v) is 15.1. The first-order valence-electron chi connectivity index (χ1n) is 8.41. The second-order valence-electron chi connectivity index (χ2n) is 5.76. The normalized spacial score (nSPS) is 15.8. The van der Waals surface area contributed by atoms with Crippen LogP contribution in [0.4, 0.5) is 0 Å². The van der Waals surface area contributed by atoms with Gasteiger partial charge in [-0.1, -0.05) is 6.07 Å². The van der Waals surface area contributed by atoms with E-state index < -0.39 is 5.92 Å². The van der Waals surface area contributed by atoms with Crippen LogP contribution in [0.3, 0.4) is 0 Å². The van der Waals surface area contributed by atoms with E-state index in [0.29, 0.717) is 35.2 Å². The van der Waals surface area contributed by atoms with Gasteiger partial charge in [0.05, 0.1) is 25.7 Å². The van der Waals surface area contributed by atoms with Crippen LogP contribution in [0.1, 0.15) is 28.8 Å². The van der Waals surface area contributed by atoms with Crippen LogP contribution in [-0.4, -0.2) is 40.0 Å². The minimum atomic E-state index is -0.391. The van der Waals surface area contributed by atoms with Crippen molar-refractivity contribution in [3.05, 3.63) is 47.5 Å². The molecule has 6 nitrogen and oxygen atoms in total. The molecule has 0 fully saturated rings. The van der Waals surface area contributed by atoms with Crippen LogP contribution >= 0.6 is 0 Å². The summed E-state index contributed by atoms with van der Waals surface area (Å²) in [6.07, 6.45) is 0. The summed E-state index contributed by atoms with van der Waals surface area (Å²) in [5, 5.41) is 0. The van der Waals surface area contributed by atoms with Gasteiger partial charge < -0.3 is 23.7 Å². The van der Waals surface area contributed by atoms with Crippen molar-refractivity contribution >= 4 is 5.78 Å². The molecule has 2 aromatic carbocycles. The summed E-state index contributed by atoms with van der Waals surface area (Å²) >= 11 is 0. The standard InChI is InChI=1S/C20H22O6/c1-4-24-12-26-14-6-7-15-18(10-14)25-11-16(20(15)21)13-5-8-17(22-2)19(9-13)23-3/h5-10,16H,4,11-12H2,1-3H3. The number of rotatable bonds is 7. The number of Topliss-reactive ketones (excluding diaryl/α,β-unsaturated/α-hetero) is 1. The molecule has 3 rings (SSSR count). The van der Waals surface area contributed by atoms with Gasteiger partial charge in [0.15, 0.2) is 24.1 Å². The third-order valence-corrected chi connectivity index (χ3v) is 4.26. The summed E-state index contributed by atoms with van der Waals surface area (Å²) in [6, 6.07) is 10.7. The van der Waals surface area contributed by atoms with E-state index in [-0.39, 0.29) is 19.2 Å². The van der Waals surface area contributed by atoms with Gasteiger partial charge in [0.1, 0.15) is 18.1 Å². The molecule has 1 aliphatic rings. The Balaban J connectivity index is 1.81. The average Bonchev–Trinajstić information content (AvgIpc) is 2.68. The quantitative estimate of drug-likeness (QED) is 0.558. The van der Waals surface area contributed by atoms with Crippen molar-refractivity contribution in [2.45, 2.75) is 12.8 Å². The van der Waals surface area contributed by atoms with Gasteiger partial charge in [-0.05, 0) is 36.8 Å². The number of ketones is 1. The Kier molecular flexibility index (Phi) is 5.63. The van der Waals surface area contributed by atoms with Gasteiger partial charge >= 0.3 is 0 Å². The Hall–Kier alpha value is -2.73. The highest BCUT2D eigenvalue weighted by atomic mass is 16.7. The molecule has 1 unspecified atom stereocenters. The van der Waals surface area contributed by atoms with Crippen LogP contribution in [0.5, 0.6) is 23.0 Å². The summed E-state index contributed by atoms with van der Waals surface area (Å²) in [4.78, 5) is 12.9. The summed E-state index contributed by atoms with van der Waals surface area (Å²) in [5.41, 5.74) is 1.37. The van der Waals surface area contributed by atoms with Gasteiger partial charge in [-0.3, -0.25) is 4.79 Å². The first kappa shape index (κ1) is 18.1. The minimum absolute atomic E-state index is 0.00910. The van der Waals surface area contributed by atoms with Crippen molar-refractivity contribution in [3.63, 3.8) is 0 Å². The van der Waals surface area contributed by atoms with E-state index in [1.807, 2.05) is 19.1 Å². The second kappa shape index (κ2) is 8.10. The second-order valence-corrected chi connectivity index (χ2v) is 5.76. The molecule has 0 spiro atoms. The number of methoxy groups -OCH3 is 2. The van der Waals surface area contributed by atoms with Crippen molar-refractivity contribution in [3.8, 4) is 23.0 Å². The fraction of sp³-hybridized carbons (Fsp3) is 0.350. The molecule has 0 saturated heterocycles. The molecule has 0 radical (unpaired) electrons. The van der Waals surface area contributed by atoms with E-state index >= 15 is 0 Å². The number of carbonyl (C=O) groups excluding carboxylic acids is 1. The van der Waals surface area contributed by atoms with Crippen molar-refractivity contribution in [1.29, 1.82) is 0 Å². The lowest BCUT2D eigenvalue weighted by atomic mass is 9.89. The summed E-state index contributed by atoms with van der Waals surface area (Å²) in [6.45, 7) is 2.90. The van der Waals surface area contributed by atoms with Crippen molar-refractivity contribution < 1.29 is 28.5 Å². The number of carbonyl (C=O) groups is 1. The van der Waals surface area contributed by atoms with Gasteiger partial charge in [-0.15, -0.1) is 0 Å². The fourth-order valence-corrected chi connectivity index (χ4v) is 2.86. The number of benzene rings is 2. The molecule has 0 aromatic heterocycles. The lowest BCUT2D eigenvalue weighted by Gasteiger charge is -2.25. The van der Waals surface area contributed by atoms with Crippen LogP contribution < -0.4 is 18.9 Å². The van der Waals surface area contributed by atoms with Crippen molar-refractivity contribution in [2.24, 2.45) is 0 Å². The van der Waals surface area contributed by atoms with Gasteiger partial charge in [0, 0.05) is 12.7 Å². The van der Waals surface area contributed by atoms with Crippen molar-refractivity contribution in [1.82, 2.24) is 0 Å². The van der Waals surface area contributed by atoms with Gasteiger partial charge in [-0.25, -0.2) is 0 Å². The Morgan fingerprint density at radius 3 is 2.62 bits per heavy atom. The third-order valence-electron chi connectivity index (χ3n) is 4.26. The van der Waals surface area contributed by atoms with E-state index in [9.17, 15) is 4.79 Å². The molecule has 0 aliphatic carbocycles. The molecule has 0 amide bonds. The highest BCUT2D eigenvalue weighted by molar-refractivity contribution is 6.04. The monoisotopic (exact) mass is 358 g/mol. The fourth-order valence-electron chi connectivity index (χ4n) is 2.86. The van der Waals surface area contributed by atoms with E-state index in [0.717, 1.165) is 5.56 Å². The van der Waals surface area contributed by atoms with Crippen LogP contribution in [0.2, 0.25) is 0 Å². The Morgan fingerprint density at radius 1 is 1.08 bits per heavy atom. The Bertz CT molecular complexity index is 786. The maximum Gasteiger partial charge on any atom is 0.189 e. The molecule has 26 heavy (non-hydrogen) atoms. The molecule has 0 saturated carbocycles. The first-order valence-corrected chi connectivity index (χ1v) is 8.41. The molecule has 0 N–H and O–H groups in total. The van der Waals surface area contributed by atoms with E-state index in [2.05, 4.69) is 0 Å². The Morgan fingerprint density at radius 2 is 1.88 bits per heavy atom. The lowest BCUT2D eigenvalue weighted by Crippen LogP contribution is -2.26. The molecule has 138 valence electrons. The molecule has 1 aliphatic heterocycles. The zero-order chi connectivity index (χ0) is 18.5. The molecule has 1 atom stereocenters. The van der Waals surface area contributed by atoms with Crippen LogP contribution in [0.25, 0.3) is 0 Å². The smallest absolute Gasteiger partial charge is 0.189 e. The maximum absolute atomic E-state index is 12.9. The highest BCUT2D eigenvalue weighted by Gasteiger charge is 2.31. The van der Waals surface area contributed by atoms with E-state index in [1.54, 1.807) is 38.5 Å². The minimum Gasteiger partial charge on any atom is -0.493 e. The molecule has 2 aromatic rings. The topological polar surface area (TPSA) is 63.2 Å². The lowest BCUT2D eigenvalue weighted by molar-refractivity contribution is 0.0222. The third kappa shape index (κ3) is 3.60. The number of ether oxygens (including phenoxy) is 5. The number of fused-ring (bicyclic) bond motifs is 1. The largest absolute Gasteiger partial charge is 0.493 e. The van der Waals surface area contributed by atoms with Crippen LogP contribution in [0.15, 0.2) is 36.4 Å². The number of hydrogen-bond donors (Lipinski definition) is 0. The summed E-state index contributed by atoms with van der Waals surface area (Å²) < 4.78 is 27.0. The van der Waals surface area contributed by atoms with Crippen LogP contribution in [-0.2, 0) is 4.74 Å². The van der Waals surface area contributed by atoms with E-state index in [4.69, 9.17) is 23.7 Å². The molecule has 6 heteroatoms. The van der Waals surface area contributed by atoms with Gasteiger partial charge in [-0.2, -0.15) is 0 Å². The van der Waals surface area contributed by atoms with Gasteiger partial charge in [0.25, 0.3) is 0 Å². The van der Waals surface area contributed by atoms with Gasteiger partial charge in [0.2, 0.25) is 0 Å². The zero-order valence-electron chi connectivity index (χ0n) is 15.1. The van der Waals surface area contributed by atoms with Crippen LogP contribution in [0, 0.1) is 0 Å². The van der Waals surface area contributed by atoms with E-state index in [1.165, 1.54) is 0 Å². The predicted octanol–water partition coefficient (Wildman–Crippen LogP) is 3.44.